The molecule has 0 aliphatic carbocycles. The third-order valence-corrected chi connectivity index (χ3v) is 2.83. The second-order valence-electron chi connectivity index (χ2n) is 4.11. The van der Waals surface area contributed by atoms with Gasteiger partial charge in [-0.25, -0.2) is 4.98 Å². The number of fused-ring (bicyclic) bond motifs is 1. The first-order valence-corrected chi connectivity index (χ1v) is 5.55. The largest absolute Gasteiger partial charge is 0.454 e. The Labute approximate surface area is 109 Å². The molecule has 0 saturated carbocycles. The van der Waals surface area contributed by atoms with Crippen LogP contribution in [0.2, 0.25) is 0 Å². The number of carbonyl (C=O) groups is 1. The number of hydrogen-bond acceptors (Lipinski definition) is 3. The first-order chi connectivity index (χ1) is 9.47. The highest BCUT2D eigenvalue weighted by molar-refractivity contribution is 6.10. The number of aromatic nitrogens is 4. The predicted octanol–water partition coefficient (Wildman–Crippen LogP) is 2.70. The molecule has 2 N–H and O–H groups in total. The summed E-state index contributed by atoms with van der Waals surface area (Å²) in [5.74, 6) is -1.89. The Kier molecular flexibility index (Phi) is 2.60. The highest BCUT2D eigenvalue weighted by Gasteiger charge is 2.40. The first-order valence-electron chi connectivity index (χ1n) is 5.55. The predicted molar refractivity (Wildman–Crippen MR) is 64.1 cm³/mol. The highest BCUT2D eigenvalue weighted by Crippen LogP contribution is 2.27. The van der Waals surface area contributed by atoms with E-state index in [9.17, 15) is 18.0 Å². The second-order valence-corrected chi connectivity index (χ2v) is 4.11. The molecule has 0 fully saturated rings. The zero-order valence-electron chi connectivity index (χ0n) is 9.82. The van der Waals surface area contributed by atoms with Crippen molar-refractivity contribution in [1.82, 2.24) is 20.2 Å². The van der Waals surface area contributed by atoms with Gasteiger partial charge in [0.15, 0.2) is 0 Å². The van der Waals surface area contributed by atoms with Gasteiger partial charge in [-0.3, -0.25) is 9.89 Å². The molecule has 0 unspecified atom stereocenters. The van der Waals surface area contributed by atoms with E-state index in [1.807, 2.05) is 0 Å². The Balaban J connectivity index is 2.10. The van der Waals surface area contributed by atoms with Crippen LogP contribution in [-0.4, -0.2) is 32.1 Å². The molecule has 0 amide bonds. The summed E-state index contributed by atoms with van der Waals surface area (Å²) in [6.07, 6.45) is -0.733. The maximum atomic E-state index is 12.4. The fourth-order valence-electron chi connectivity index (χ4n) is 1.90. The average Bonchev–Trinajstić information content (AvgIpc) is 3.05. The summed E-state index contributed by atoms with van der Waals surface area (Å²) in [7, 11) is 0. The Bertz CT molecular complexity index is 774. The third kappa shape index (κ3) is 1.94. The monoisotopic (exact) mass is 280 g/mol. The van der Waals surface area contributed by atoms with E-state index in [1.165, 1.54) is 12.1 Å². The van der Waals surface area contributed by atoms with Crippen molar-refractivity contribution in [3.05, 3.63) is 36.3 Å². The molecule has 20 heavy (non-hydrogen) atoms. The number of hydrogen-bond donors (Lipinski definition) is 2. The Morgan fingerprint density at radius 2 is 2.00 bits per heavy atom. The molecule has 8 heteroatoms. The number of aromatic amines is 2. The molecule has 3 aromatic heterocycles. The standard InChI is InChI=1S/C12H7F3N4O/c13-12(14,15)10(20)8-5-16-11-7(8)1-2-9(19-11)6-3-17-18-4-6/h1-5H,(H,16,19)(H,17,18). The molecule has 0 spiro atoms. The van der Waals surface area contributed by atoms with Crippen LogP contribution in [0.3, 0.4) is 0 Å². The van der Waals surface area contributed by atoms with Crippen LogP contribution in [0.25, 0.3) is 22.3 Å². The number of H-pyrrole nitrogens is 2. The van der Waals surface area contributed by atoms with Crippen molar-refractivity contribution in [3.8, 4) is 11.3 Å². The third-order valence-electron chi connectivity index (χ3n) is 2.83. The smallest absolute Gasteiger partial charge is 0.345 e. The summed E-state index contributed by atoms with van der Waals surface area (Å²) in [6, 6.07) is 2.97. The summed E-state index contributed by atoms with van der Waals surface area (Å²) in [4.78, 5) is 18.0. The lowest BCUT2D eigenvalue weighted by Crippen LogP contribution is -2.22. The topological polar surface area (TPSA) is 74.4 Å². The van der Waals surface area contributed by atoms with Crippen molar-refractivity contribution in [2.45, 2.75) is 6.18 Å². The Morgan fingerprint density at radius 3 is 2.65 bits per heavy atom. The van der Waals surface area contributed by atoms with Crippen LogP contribution in [0.4, 0.5) is 13.2 Å². The average molecular weight is 280 g/mol. The van der Waals surface area contributed by atoms with Gasteiger partial charge in [0.05, 0.1) is 17.5 Å². The van der Waals surface area contributed by atoms with Crippen LogP contribution >= 0.6 is 0 Å². The van der Waals surface area contributed by atoms with Crippen LogP contribution in [0.15, 0.2) is 30.7 Å². The maximum absolute atomic E-state index is 12.4. The van der Waals surface area contributed by atoms with Crippen LogP contribution in [0.1, 0.15) is 10.4 Å². The molecule has 5 nitrogen and oxygen atoms in total. The molecule has 0 saturated heterocycles. The lowest BCUT2D eigenvalue weighted by atomic mass is 10.1. The molecule has 3 heterocycles. The minimum Gasteiger partial charge on any atom is -0.345 e. The number of rotatable bonds is 2. The van der Waals surface area contributed by atoms with E-state index in [4.69, 9.17) is 0 Å². The SMILES string of the molecule is O=C(c1c[nH]c2nc(-c3cn[nH]c3)ccc12)C(F)(F)F. The minimum absolute atomic E-state index is 0.138. The van der Waals surface area contributed by atoms with Gasteiger partial charge in [-0.1, -0.05) is 0 Å². The number of pyridine rings is 1. The quantitative estimate of drug-likeness (QED) is 0.709. The van der Waals surface area contributed by atoms with Crippen molar-refractivity contribution in [3.63, 3.8) is 0 Å². The Hall–Kier alpha value is -2.64. The van der Waals surface area contributed by atoms with Crippen molar-refractivity contribution >= 4 is 16.8 Å². The van der Waals surface area contributed by atoms with E-state index in [0.29, 0.717) is 11.3 Å². The van der Waals surface area contributed by atoms with Gasteiger partial charge in [0.1, 0.15) is 5.65 Å². The fraction of sp³-hybridized carbons (Fsp3) is 0.0833. The van der Waals surface area contributed by atoms with Crippen LogP contribution in [-0.2, 0) is 0 Å². The number of nitrogens with one attached hydrogen (secondary N) is 2. The fourth-order valence-corrected chi connectivity index (χ4v) is 1.90. The number of ketones is 1. The van der Waals surface area contributed by atoms with E-state index in [-0.39, 0.29) is 11.0 Å². The van der Waals surface area contributed by atoms with Gasteiger partial charge in [0, 0.05) is 23.3 Å². The van der Waals surface area contributed by atoms with Gasteiger partial charge < -0.3 is 4.98 Å². The first kappa shape index (κ1) is 12.4. The van der Waals surface area contributed by atoms with Crippen molar-refractivity contribution in [2.75, 3.05) is 0 Å². The summed E-state index contributed by atoms with van der Waals surface area (Å²) in [5, 5.41) is 6.52. The summed E-state index contributed by atoms with van der Waals surface area (Å²) < 4.78 is 37.3. The van der Waals surface area contributed by atoms with E-state index in [0.717, 1.165) is 6.20 Å². The molecule has 102 valence electrons. The van der Waals surface area contributed by atoms with Crippen molar-refractivity contribution in [1.29, 1.82) is 0 Å². The van der Waals surface area contributed by atoms with Gasteiger partial charge in [-0.05, 0) is 12.1 Å². The summed E-state index contributed by atoms with van der Waals surface area (Å²) >= 11 is 0. The van der Waals surface area contributed by atoms with Gasteiger partial charge in [-0.2, -0.15) is 18.3 Å². The van der Waals surface area contributed by atoms with Crippen LogP contribution < -0.4 is 0 Å². The van der Waals surface area contributed by atoms with E-state index >= 15 is 0 Å². The van der Waals surface area contributed by atoms with Crippen LogP contribution in [0, 0.1) is 0 Å². The zero-order valence-corrected chi connectivity index (χ0v) is 9.82. The number of halogens is 3. The van der Waals surface area contributed by atoms with Gasteiger partial charge in [0.2, 0.25) is 0 Å². The van der Waals surface area contributed by atoms with Gasteiger partial charge >= 0.3 is 6.18 Å². The molecular weight excluding hydrogens is 273 g/mol. The molecule has 0 aromatic carbocycles. The van der Waals surface area contributed by atoms with Crippen molar-refractivity contribution in [2.24, 2.45) is 0 Å². The second kappa shape index (κ2) is 4.19. The molecule has 0 aliphatic rings. The Morgan fingerprint density at radius 1 is 1.20 bits per heavy atom. The van der Waals surface area contributed by atoms with E-state index in [1.54, 1.807) is 12.4 Å². The molecular formula is C12H7F3N4O. The molecule has 3 aromatic rings. The molecule has 0 radical (unpaired) electrons. The maximum Gasteiger partial charge on any atom is 0.454 e. The highest BCUT2D eigenvalue weighted by atomic mass is 19.4. The van der Waals surface area contributed by atoms with Crippen molar-refractivity contribution < 1.29 is 18.0 Å². The number of nitrogens with zero attached hydrogens (tertiary/aromatic N) is 2. The zero-order chi connectivity index (χ0) is 14.3. The minimum atomic E-state index is -4.90. The van der Waals surface area contributed by atoms with Gasteiger partial charge in [0.25, 0.3) is 5.78 Å². The molecule has 3 rings (SSSR count). The lowest BCUT2D eigenvalue weighted by Gasteiger charge is -2.03. The van der Waals surface area contributed by atoms with E-state index < -0.39 is 17.5 Å². The summed E-state index contributed by atoms with van der Waals surface area (Å²) in [5.41, 5.74) is 1.03. The summed E-state index contributed by atoms with van der Waals surface area (Å²) in [6.45, 7) is 0. The normalized spacial score (nSPS) is 11.9. The molecule has 0 bridgehead atoms. The number of Topliss-reactive ketones (excluding diaryl/α,β-unsaturated/α-hetero) is 1. The molecule has 0 aliphatic heterocycles. The number of carbonyl (C=O) groups excluding carboxylic acids is 1. The lowest BCUT2D eigenvalue weighted by molar-refractivity contribution is -0.0884. The molecule has 0 atom stereocenters. The van der Waals surface area contributed by atoms with Gasteiger partial charge in [-0.15, -0.1) is 0 Å². The van der Waals surface area contributed by atoms with E-state index in [2.05, 4.69) is 20.2 Å². The van der Waals surface area contributed by atoms with Crippen LogP contribution in [0.5, 0.6) is 0 Å². The number of alkyl halides is 3.